The number of aromatic nitrogens is 2. The van der Waals surface area contributed by atoms with Crippen molar-refractivity contribution in [2.45, 2.75) is 12.1 Å². The molecule has 1 N–H and O–H groups in total. The van der Waals surface area contributed by atoms with Gasteiger partial charge in [-0.3, -0.25) is 19.0 Å². The predicted molar refractivity (Wildman–Crippen MR) is 121 cm³/mol. The number of carbonyl (C=O) groups excluding carboxylic acids is 2. The van der Waals surface area contributed by atoms with E-state index in [4.69, 9.17) is 0 Å². The third kappa shape index (κ3) is 4.61. The van der Waals surface area contributed by atoms with E-state index in [1.54, 1.807) is 35.7 Å². The maximum absolute atomic E-state index is 13.8. The fraction of sp³-hybridized carbons (Fsp3) is 0.0909. The lowest BCUT2D eigenvalue weighted by atomic mass is 10.1. The number of thioether (sulfide) groups is 1. The second kappa shape index (κ2) is 9.01. The van der Waals surface area contributed by atoms with E-state index in [0.29, 0.717) is 27.5 Å². The molecule has 0 saturated heterocycles. The summed E-state index contributed by atoms with van der Waals surface area (Å²) in [6.07, 6.45) is 0. The zero-order valence-electron chi connectivity index (χ0n) is 16.6. The molecule has 2 heterocycles. The van der Waals surface area contributed by atoms with Gasteiger partial charge in [-0.25, -0.2) is 13.8 Å². The Bertz CT molecular complexity index is 1380. The van der Waals surface area contributed by atoms with Gasteiger partial charge in [-0.05, 0) is 54.8 Å². The van der Waals surface area contributed by atoms with E-state index in [2.05, 4.69) is 10.3 Å². The zero-order chi connectivity index (χ0) is 22.8. The predicted octanol–water partition coefficient (Wildman–Crippen LogP) is 4.66. The van der Waals surface area contributed by atoms with Crippen LogP contribution in [-0.4, -0.2) is 27.0 Å². The average molecular weight is 472 g/mol. The van der Waals surface area contributed by atoms with Crippen molar-refractivity contribution in [3.8, 4) is 5.69 Å². The van der Waals surface area contributed by atoms with Gasteiger partial charge in [0.05, 0.1) is 17.0 Å². The minimum absolute atomic E-state index is 0.0157. The number of thiophene rings is 1. The highest BCUT2D eigenvalue weighted by Gasteiger charge is 2.17. The van der Waals surface area contributed by atoms with Crippen LogP contribution < -0.4 is 10.9 Å². The minimum atomic E-state index is -0.833. The fourth-order valence-corrected chi connectivity index (χ4v) is 4.57. The number of hydrogen-bond donors (Lipinski definition) is 1. The second-order valence-corrected chi connectivity index (χ2v) is 8.63. The first kappa shape index (κ1) is 21.8. The second-order valence-electron chi connectivity index (χ2n) is 6.77. The van der Waals surface area contributed by atoms with Crippen molar-refractivity contribution < 1.29 is 18.4 Å². The number of amides is 1. The topological polar surface area (TPSA) is 81.1 Å². The van der Waals surface area contributed by atoms with E-state index in [1.165, 1.54) is 18.3 Å². The maximum Gasteiger partial charge on any atom is 0.276 e. The van der Waals surface area contributed by atoms with Crippen LogP contribution in [0.1, 0.15) is 17.3 Å². The highest BCUT2D eigenvalue weighted by atomic mass is 32.2. The van der Waals surface area contributed by atoms with Gasteiger partial charge in [0.2, 0.25) is 5.91 Å². The molecule has 0 saturated carbocycles. The van der Waals surface area contributed by atoms with Gasteiger partial charge < -0.3 is 5.32 Å². The number of fused-ring (bicyclic) bond motifs is 1. The van der Waals surface area contributed by atoms with Crippen molar-refractivity contribution >= 4 is 50.7 Å². The zero-order valence-corrected chi connectivity index (χ0v) is 18.2. The summed E-state index contributed by atoms with van der Waals surface area (Å²) in [5.41, 5.74) is 0.982. The van der Waals surface area contributed by atoms with Gasteiger partial charge >= 0.3 is 0 Å². The summed E-state index contributed by atoms with van der Waals surface area (Å²) in [7, 11) is 0. The van der Waals surface area contributed by atoms with Crippen LogP contribution in [0.2, 0.25) is 0 Å². The number of nitrogens with one attached hydrogen (secondary N) is 1. The maximum atomic E-state index is 13.8. The number of nitrogens with zero attached hydrogens (tertiary/aromatic N) is 2. The summed E-state index contributed by atoms with van der Waals surface area (Å²) in [5, 5.41) is 4.53. The molecule has 0 radical (unpaired) electrons. The lowest BCUT2D eigenvalue weighted by Gasteiger charge is -2.12. The van der Waals surface area contributed by atoms with E-state index >= 15 is 0 Å². The molecule has 162 valence electrons. The smallest absolute Gasteiger partial charge is 0.276 e. The van der Waals surface area contributed by atoms with Crippen LogP contribution in [0.3, 0.4) is 0 Å². The monoisotopic (exact) mass is 471 g/mol. The molecule has 0 bridgehead atoms. The van der Waals surface area contributed by atoms with E-state index in [0.717, 1.165) is 28.5 Å². The van der Waals surface area contributed by atoms with E-state index in [1.807, 2.05) is 0 Å². The Morgan fingerprint density at radius 1 is 1.09 bits per heavy atom. The van der Waals surface area contributed by atoms with Gasteiger partial charge in [-0.2, -0.15) is 0 Å². The fourth-order valence-electron chi connectivity index (χ4n) is 3.00. The molecule has 0 atom stereocenters. The molecule has 10 heteroatoms. The van der Waals surface area contributed by atoms with E-state index in [9.17, 15) is 23.2 Å². The highest BCUT2D eigenvalue weighted by Crippen LogP contribution is 2.24. The molecule has 6 nitrogen and oxygen atoms in total. The molecular weight excluding hydrogens is 456 g/mol. The van der Waals surface area contributed by atoms with Crippen molar-refractivity contribution in [1.82, 2.24) is 9.55 Å². The van der Waals surface area contributed by atoms with Crippen LogP contribution in [-0.2, 0) is 4.79 Å². The van der Waals surface area contributed by atoms with Gasteiger partial charge in [0.15, 0.2) is 10.9 Å². The standard InChI is InChI=1S/C22H15F2N3O3S2/c1-12(28)13-2-4-16(5-3-13)25-19(29)11-32-22-26-18-6-7-31-20(18)21(30)27(22)17-9-14(23)8-15(24)10-17/h2-10H,11H2,1H3,(H,25,29). The van der Waals surface area contributed by atoms with Gasteiger partial charge in [0.25, 0.3) is 5.56 Å². The molecule has 0 aliphatic heterocycles. The molecule has 0 aliphatic rings. The Labute approximate surface area is 188 Å². The number of benzene rings is 2. The van der Waals surface area contributed by atoms with Crippen molar-refractivity contribution in [2.24, 2.45) is 0 Å². The molecule has 2 aromatic carbocycles. The van der Waals surface area contributed by atoms with E-state index in [-0.39, 0.29) is 28.3 Å². The van der Waals surface area contributed by atoms with Crippen molar-refractivity contribution in [2.75, 3.05) is 11.1 Å². The Kier molecular flexibility index (Phi) is 6.15. The van der Waals surface area contributed by atoms with Crippen molar-refractivity contribution in [3.63, 3.8) is 0 Å². The molecule has 1 amide bonds. The molecule has 2 aromatic heterocycles. The number of rotatable bonds is 6. The van der Waals surface area contributed by atoms with Crippen molar-refractivity contribution in [3.05, 3.63) is 81.5 Å². The number of ketones is 1. The van der Waals surface area contributed by atoms with E-state index < -0.39 is 17.2 Å². The first-order valence-corrected chi connectivity index (χ1v) is 11.2. The SMILES string of the molecule is CC(=O)c1ccc(NC(=O)CSc2nc3ccsc3c(=O)n2-c2cc(F)cc(F)c2)cc1. The Balaban J connectivity index is 1.61. The molecule has 4 aromatic rings. The largest absolute Gasteiger partial charge is 0.325 e. The van der Waals surface area contributed by atoms with Gasteiger partial charge in [-0.1, -0.05) is 11.8 Å². The molecule has 4 rings (SSSR count). The van der Waals surface area contributed by atoms with Crippen LogP contribution in [0.5, 0.6) is 0 Å². The molecule has 0 spiro atoms. The van der Waals surface area contributed by atoms with Gasteiger partial charge in [0.1, 0.15) is 16.3 Å². The normalized spacial score (nSPS) is 11.0. The highest BCUT2D eigenvalue weighted by molar-refractivity contribution is 7.99. The van der Waals surface area contributed by atoms with Crippen LogP contribution in [0.15, 0.2) is 63.9 Å². The molecule has 32 heavy (non-hydrogen) atoms. The first-order chi connectivity index (χ1) is 15.3. The lowest BCUT2D eigenvalue weighted by molar-refractivity contribution is -0.113. The number of halogens is 2. The quantitative estimate of drug-likeness (QED) is 0.251. The summed E-state index contributed by atoms with van der Waals surface area (Å²) < 4.78 is 29.0. The number of anilines is 1. The molecule has 0 unspecified atom stereocenters. The van der Waals surface area contributed by atoms with Crippen LogP contribution in [0.25, 0.3) is 15.9 Å². The summed E-state index contributed by atoms with van der Waals surface area (Å²) in [5.74, 6) is -2.22. The van der Waals surface area contributed by atoms with Crippen molar-refractivity contribution in [1.29, 1.82) is 0 Å². The lowest BCUT2D eigenvalue weighted by Crippen LogP contribution is -2.22. The Morgan fingerprint density at radius 3 is 2.44 bits per heavy atom. The summed E-state index contributed by atoms with van der Waals surface area (Å²) in [4.78, 5) is 41.2. The third-order valence-corrected chi connectivity index (χ3v) is 6.29. The number of carbonyl (C=O) groups is 2. The third-order valence-electron chi connectivity index (χ3n) is 4.46. The average Bonchev–Trinajstić information content (AvgIpc) is 3.21. The minimum Gasteiger partial charge on any atom is -0.325 e. The molecule has 0 aliphatic carbocycles. The van der Waals surface area contributed by atoms with Crippen LogP contribution in [0, 0.1) is 11.6 Å². The van der Waals surface area contributed by atoms with Gasteiger partial charge in [0, 0.05) is 17.3 Å². The molecular formula is C22H15F2N3O3S2. The van der Waals surface area contributed by atoms with Crippen LogP contribution >= 0.6 is 23.1 Å². The number of Topliss-reactive ketones (excluding diaryl/α,β-unsaturated/α-hetero) is 1. The first-order valence-electron chi connectivity index (χ1n) is 9.32. The Hall–Kier alpha value is -3.37. The summed E-state index contributed by atoms with van der Waals surface area (Å²) in [6, 6.07) is 10.9. The van der Waals surface area contributed by atoms with Crippen LogP contribution in [0.4, 0.5) is 14.5 Å². The number of hydrogen-bond acceptors (Lipinski definition) is 6. The summed E-state index contributed by atoms with van der Waals surface area (Å²) >= 11 is 2.14. The summed E-state index contributed by atoms with van der Waals surface area (Å²) in [6.45, 7) is 1.45. The Morgan fingerprint density at radius 2 is 1.78 bits per heavy atom. The van der Waals surface area contributed by atoms with Gasteiger partial charge in [-0.15, -0.1) is 11.3 Å². The molecule has 0 fully saturated rings.